The number of halogens is 2. The van der Waals surface area contributed by atoms with Gasteiger partial charge in [0, 0.05) is 42.2 Å². The van der Waals surface area contributed by atoms with Crippen LogP contribution in [0.5, 0.6) is 5.75 Å². The Kier molecular flexibility index (Phi) is 4.81. The van der Waals surface area contributed by atoms with Crippen LogP contribution in [0.25, 0.3) is 21.9 Å². The monoisotopic (exact) mass is 344 g/mol. The van der Waals surface area contributed by atoms with Gasteiger partial charge in [0.25, 0.3) is 0 Å². The normalized spacial score (nSPS) is 10.9. The maximum Gasteiger partial charge on any atom is 0.136 e. The number of pyridine rings is 1. The van der Waals surface area contributed by atoms with Gasteiger partial charge in [-0.1, -0.05) is 12.1 Å². The van der Waals surface area contributed by atoms with Gasteiger partial charge in [-0.15, -0.1) is 0 Å². The first kappa shape index (κ1) is 17.1. The number of hydrogen-bond donors (Lipinski definition) is 1. The molecule has 25 heavy (non-hydrogen) atoms. The van der Waals surface area contributed by atoms with Gasteiger partial charge in [-0.05, 0) is 23.8 Å². The fourth-order valence-corrected chi connectivity index (χ4v) is 2.91. The van der Waals surface area contributed by atoms with Gasteiger partial charge in [-0.3, -0.25) is 0 Å². The summed E-state index contributed by atoms with van der Waals surface area (Å²) in [5, 5.41) is 10.7. The second kappa shape index (κ2) is 7.03. The molecule has 0 fully saturated rings. The number of rotatable bonds is 5. The van der Waals surface area contributed by atoms with Gasteiger partial charge in [0.05, 0.1) is 13.7 Å². The molecule has 3 aromatic rings. The maximum absolute atomic E-state index is 13.7. The van der Waals surface area contributed by atoms with Gasteiger partial charge in [0.1, 0.15) is 23.2 Å². The van der Waals surface area contributed by atoms with E-state index in [9.17, 15) is 13.9 Å². The third-order valence-corrected chi connectivity index (χ3v) is 4.04. The molecule has 130 valence electrons. The summed E-state index contributed by atoms with van der Waals surface area (Å²) in [6.45, 7) is 0.397. The fraction of sp³-hybridized carbons (Fsp3) is 0.211. The van der Waals surface area contributed by atoms with Crippen molar-refractivity contribution < 1.29 is 18.6 Å². The maximum atomic E-state index is 13.7. The number of likely N-dealkylation sites (N-methyl/N-ethyl adjacent to an activating group) is 1. The zero-order chi connectivity index (χ0) is 18.0. The molecule has 0 saturated heterocycles. The van der Waals surface area contributed by atoms with Crippen LogP contribution in [0.3, 0.4) is 0 Å². The summed E-state index contributed by atoms with van der Waals surface area (Å²) in [6.07, 6.45) is 1.57. The molecule has 3 rings (SSSR count). The van der Waals surface area contributed by atoms with Gasteiger partial charge in [0.2, 0.25) is 0 Å². The van der Waals surface area contributed by atoms with Crippen LogP contribution in [0, 0.1) is 11.6 Å². The summed E-state index contributed by atoms with van der Waals surface area (Å²) in [5.74, 6) is -0.0687. The van der Waals surface area contributed by atoms with Crippen LogP contribution in [-0.2, 0) is 0 Å². The molecular weight excluding hydrogens is 326 g/mol. The molecule has 1 N–H and O–H groups in total. The van der Waals surface area contributed by atoms with Crippen LogP contribution in [0.4, 0.5) is 14.6 Å². The number of fused-ring (bicyclic) bond motifs is 1. The number of hydrogen-bond acceptors (Lipinski definition) is 4. The summed E-state index contributed by atoms with van der Waals surface area (Å²) >= 11 is 0. The largest absolute Gasteiger partial charge is 0.496 e. The minimum atomic E-state index is -0.653. The molecule has 0 radical (unpaired) electrons. The number of ether oxygens (including phenoxy) is 1. The van der Waals surface area contributed by atoms with Crippen molar-refractivity contribution in [1.82, 2.24) is 4.98 Å². The predicted octanol–water partition coefficient (Wildman–Crippen LogP) is 3.62. The van der Waals surface area contributed by atoms with E-state index in [2.05, 4.69) is 4.98 Å². The first-order chi connectivity index (χ1) is 12.0. The Morgan fingerprint density at radius 1 is 1.16 bits per heavy atom. The van der Waals surface area contributed by atoms with E-state index in [0.29, 0.717) is 34.6 Å². The SMILES string of the molecule is COc1cccc2c(N(C)CCO)ncc(-c3cc(F)cc(F)c3)c12. The molecule has 0 unspecified atom stereocenters. The molecule has 2 aromatic carbocycles. The van der Waals surface area contributed by atoms with E-state index >= 15 is 0 Å². The third kappa shape index (κ3) is 3.25. The Morgan fingerprint density at radius 3 is 2.52 bits per heavy atom. The molecule has 0 aliphatic rings. The minimum absolute atomic E-state index is 0.0134. The summed E-state index contributed by atoms with van der Waals surface area (Å²) in [6, 6.07) is 8.85. The van der Waals surface area contributed by atoms with Crippen molar-refractivity contribution in [2.45, 2.75) is 0 Å². The van der Waals surface area contributed by atoms with Gasteiger partial charge in [-0.25, -0.2) is 13.8 Å². The number of aliphatic hydroxyl groups is 1. The molecule has 0 amide bonds. The number of methoxy groups -OCH3 is 1. The van der Waals surface area contributed by atoms with Crippen LogP contribution in [0.1, 0.15) is 0 Å². The van der Waals surface area contributed by atoms with E-state index < -0.39 is 11.6 Å². The summed E-state index contributed by atoms with van der Waals surface area (Å²) in [4.78, 5) is 6.27. The Labute approximate surface area is 144 Å². The van der Waals surface area contributed by atoms with Crippen molar-refractivity contribution in [2.24, 2.45) is 0 Å². The van der Waals surface area contributed by atoms with Crippen LogP contribution in [-0.4, -0.2) is 37.4 Å². The third-order valence-electron chi connectivity index (χ3n) is 4.04. The quantitative estimate of drug-likeness (QED) is 0.768. The fourth-order valence-electron chi connectivity index (χ4n) is 2.91. The Bertz CT molecular complexity index is 895. The number of nitrogens with zero attached hydrogens (tertiary/aromatic N) is 2. The van der Waals surface area contributed by atoms with E-state index in [4.69, 9.17) is 4.74 Å². The standard InChI is InChI=1S/C19H18F2N2O2/c1-23(6-7-24)19-15-4-3-5-17(25-2)18(15)16(11-22-19)12-8-13(20)10-14(21)9-12/h3-5,8-11,24H,6-7H2,1-2H3. The van der Waals surface area contributed by atoms with E-state index in [0.717, 1.165) is 11.5 Å². The zero-order valence-electron chi connectivity index (χ0n) is 14.0. The van der Waals surface area contributed by atoms with Crippen molar-refractivity contribution in [3.8, 4) is 16.9 Å². The highest BCUT2D eigenvalue weighted by atomic mass is 19.1. The molecule has 0 atom stereocenters. The topological polar surface area (TPSA) is 45.6 Å². The van der Waals surface area contributed by atoms with Crippen molar-refractivity contribution in [3.63, 3.8) is 0 Å². The molecule has 0 aliphatic heterocycles. The lowest BCUT2D eigenvalue weighted by atomic mass is 9.99. The molecule has 0 spiro atoms. The molecule has 1 heterocycles. The summed E-state index contributed by atoms with van der Waals surface area (Å²) < 4.78 is 32.8. The zero-order valence-corrected chi connectivity index (χ0v) is 14.0. The predicted molar refractivity (Wildman–Crippen MR) is 94.0 cm³/mol. The second-order valence-corrected chi connectivity index (χ2v) is 5.68. The molecule has 0 saturated carbocycles. The Morgan fingerprint density at radius 2 is 1.88 bits per heavy atom. The first-order valence-electron chi connectivity index (χ1n) is 7.79. The first-order valence-corrected chi connectivity index (χ1v) is 7.79. The number of benzene rings is 2. The lowest BCUT2D eigenvalue weighted by Crippen LogP contribution is -2.22. The average Bonchev–Trinajstić information content (AvgIpc) is 2.59. The van der Waals surface area contributed by atoms with E-state index in [1.165, 1.54) is 12.1 Å². The van der Waals surface area contributed by atoms with E-state index in [-0.39, 0.29) is 6.61 Å². The highest BCUT2D eigenvalue weighted by Crippen LogP contribution is 2.38. The summed E-state index contributed by atoms with van der Waals surface area (Å²) in [5.41, 5.74) is 0.961. The van der Waals surface area contributed by atoms with Crippen LogP contribution in [0.2, 0.25) is 0 Å². The van der Waals surface area contributed by atoms with Crippen molar-refractivity contribution in [2.75, 3.05) is 32.2 Å². The van der Waals surface area contributed by atoms with Gasteiger partial charge in [-0.2, -0.15) is 0 Å². The lowest BCUT2D eigenvalue weighted by Gasteiger charge is -2.21. The van der Waals surface area contributed by atoms with Crippen LogP contribution >= 0.6 is 0 Å². The second-order valence-electron chi connectivity index (χ2n) is 5.68. The van der Waals surface area contributed by atoms with Gasteiger partial charge >= 0.3 is 0 Å². The van der Waals surface area contributed by atoms with Crippen LogP contribution in [0.15, 0.2) is 42.6 Å². The number of aromatic nitrogens is 1. The molecule has 0 aliphatic carbocycles. The molecule has 0 bridgehead atoms. The minimum Gasteiger partial charge on any atom is -0.496 e. The highest BCUT2D eigenvalue weighted by molar-refractivity contribution is 6.05. The highest BCUT2D eigenvalue weighted by Gasteiger charge is 2.16. The van der Waals surface area contributed by atoms with Crippen molar-refractivity contribution >= 4 is 16.6 Å². The average molecular weight is 344 g/mol. The molecule has 4 nitrogen and oxygen atoms in total. The summed E-state index contributed by atoms with van der Waals surface area (Å²) in [7, 11) is 3.36. The van der Waals surface area contributed by atoms with E-state index in [1.54, 1.807) is 19.4 Å². The molecule has 1 aromatic heterocycles. The van der Waals surface area contributed by atoms with Crippen molar-refractivity contribution in [1.29, 1.82) is 0 Å². The smallest absolute Gasteiger partial charge is 0.136 e. The molecule has 6 heteroatoms. The number of aliphatic hydroxyl groups excluding tert-OH is 1. The molecular formula is C19H18F2N2O2. The Hall–Kier alpha value is -2.73. The van der Waals surface area contributed by atoms with Gasteiger partial charge in [0.15, 0.2) is 0 Å². The van der Waals surface area contributed by atoms with E-state index in [1.807, 2.05) is 24.1 Å². The lowest BCUT2D eigenvalue weighted by molar-refractivity contribution is 0.304. The van der Waals surface area contributed by atoms with Crippen molar-refractivity contribution in [3.05, 3.63) is 54.2 Å². The van der Waals surface area contributed by atoms with Crippen LogP contribution < -0.4 is 9.64 Å². The van der Waals surface area contributed by atoms with Gasteiger partial charge < -0.3 is 14.7 Å². The Balaban J connectivity index is 2.32. The number of anilines is 1.